The van der Waals surface area contributed by atoms with Gasteiger partial charge in [-0.25, -0.2) is 0 Å². The Hall–Kier alpha value is -2.72. The van der Waals surface area contributed by atoms with E-state index in [1.807, 2.05) is 0 Å². The lowest BCUT2D eigenvalue weighted by Crippen LogP contribution is -2.25. The minimum Gasteiger partial charge on any atom is -0.420 e. The van der Waals surface area contributed by atoms with E-state index in [0.717, 1.165) is 26.0 Å². The van der Waals surface area contributed by atoms with E-state index in [1.54, 1.807) is 0 Å². The van der Waals surface area contributed by atoms with E-state index >= 15 is 0 Å². The second-order valence-electron chi connectivity index (χ2n) is 6.40. The van der Waals surface area contributed by atoms with Gasteiger partial charge in [-0.15, -0.1) is 0 Å². The molecule has 0 amide bonds. The van der Waals surface area contributed by atoms with Crippen molar-refractivity contribution in [3.8, 4) is 0 Å². The van der Waals surface area contributed by atoms with Crippen LogP contribution in [0, 0.1) is 10.1 Å². The van der Waals surface area contributed by atoms with Crippen molar-refractivity contribution in [2.75, 3.05) is 0 Å². The summed E-state index contributed by atoms with van der Waals surface area (Å²) in [6.07, 6.45) is -1.85. The Morgan fingerprint density at radius 3 is 1.75 bits per heavy atom. The molecule has 32 heavy (non-hydrogen) atoms. The van der Waals surface area contributed by atoms with Crippen LogP contribution < -0.4 is 0 Å². The second kappa shape index (κ2) is 8.67. The number of rotatable bonds is 4. The van der Waals surface area contributed by atoms with Crippen molar-refractivity contribution in [2.45, 2.75) is 20.1 Å². The highest BCUT2D eigenvalue weighted by Crippen LogP contribution is 2.47. The van der Waals surface area contributed by atoms with Crippen molar-refractivity contribution in [3.05, 3.63) is 70.2 Å². The number of esters is 2. The summed E-state index contributed by atoms with van der Waals surface area (Å²) in [6, 6.07) is 2.10. The fourth-order valence-electron chi connectivity index (χ4n) is 3.18. The lowest BCUT2D eigenvalue weighted by Gasteiger charge is -2.23. The number of halogens is 4. The topological polar surface area (TPSA) is 130 Å². The summed E-state index contributed by atoms with van der Waals surface area (Å²) in [5.74, 6) is -3.76. The number of carbonyl (C=O) groups is 4. The zero-order valence-corrected chi connectivity index (χ0v) is 19.0. The minimum atomic E-state index is -1.85. The summed E-state index contributed by atoms with van der Waals surface area (Å²) in [4.78, 5) is 60.3. The average molecular weight is 521 g/mol. The average Bonchev–Trinajstić information content (AvgIpc) is 2.70. The SMILES string of the molecule is CC(=O)OC(OC(C)=O)c1ccc2c(c1[N+](=O)[O-])C(=O)c1c(Cl)c(Cl)c(Cl)c(Cl)c1C2=O. The molecule has 0 aromatic heterocycles. The third-order valence-corrected chi connectivity index (χ3v) is 6.19. The molecule has 0 atom stereocenters. The predicted molar refractivity (Wildman–Crippen MR) is 113 cm³/mol. The molecule has 0 saturated heterocycles. The van der Waals surface area contributed by atoms with Gasteiger partial charge in [-0.2, -0.15) is 0 Å². The molecule has 2 aromatic carbocycles. The van der Waals surface area contributed by atoms with Gasteiger partial charge in [-0.3, -0.25) is 29.3 Å². The van der Waals surface area contributed by atoms with Crippen LogP contribution in [0.1, 0.15) is 57.5 Å². The number of nitro groups is 1. The lowest BCUT2D eigenvalue weighted by atomic mass is 9.82. The van der Waals surface area contributed by atoms with Gasteiger partial charge in [-0.1, -0.05) is 46.4 Å². The maximum Gasteiger partial charge on any atom is 0.305 e. The Labute approximate surface area is 199 Å². The fraction of sp³-hybridized carbons (Fsp3) is 0.158. The van der Waals surface area contributed by atoms with E-state index in [2.05, 4.69) is 0 Å². The number of nitrogens with zero attached hydrogens (tertiary/aromatic N) is 1. The van der Waals surface area contributed by atoms with E-state index in [-0.39, 0.29) is 26.2 Å². The van der Waals surface area contributed by atoms with E-state index in [4.69, 9.17) is 55.9 Å². The molecule has 0 bridgehead atoms. The van der Waals surface area contributed by atoms with Crippen LogP contribution in [-0.4, -0.2) is 28.4 Å². The molecular formula is C19H9Cl4NO8. The molecule has 13 heteroatoms. The molecule has 0 unspecified atom stereocenters. The van der Waals surface area contributed by atoms with Crippen molar-refractivity contribution in [1.29, 1.82) is 0 Å². The summed E-state index contributed by atoms with van der Waals surface area (Å²) >= 11 is 24.2. The quantitative estimate of drug-likeness (QED) is 0.116. The molecule has 0 N–H and O–H groups in total. The monoisotopic (exact) mass is 519 g/mol. The summed E-state index contributed by atoms with van der Waals surface area (Å²) in [7, 11) is 0. The molecule has 0 fully saturated rings. The van der Waals surface area contributed by atoms with Crippen molar-refractivity contribution in [2.24, 2.45) is 0 Å². The zero-order valence-electron chi connectivity index (χ0n) is 16.0. The van der Waals surface area contributed by atoms with Gasteiger partial charge in [0.2, 0.25) is 5.78 Å². The highest BCUT2D eigenvalue weighted by atomic mass is 35.5. The van der Waals surface area contributed by atoms with Gasteiger partial charge in [0, 0.05) is 19.4 Å². The summed E-state index contributed by atoms with van der Waals surface area (Å²) in [5.41, 5.74) is -3.24. The van der Waals surface area contributed by atoms with Crippen LogP contribution in [0.5, 0.6) is 0 Å². The second-order valence-corrected chi connectivity index (χ2v) is 7.91. The standard InChI is InChI=1S/C19H9Cl4NO8/c1-5(25)31-19(32-6(2)26)8-4-3-7-9(16(8)24(29)30)18(28)11-10(17(7)27)12(20)14(22)15(23)13(11)21/h3-4,19H,1-2H3. The summed E-state index contributed by atoms with van der Waals surface area (Å²) in [6.45, 7) is 1.97. The van der Waals surface area contributed by atoms with Crippen LogP contribution in [0.15, 0.2) is 12.1 Å². The Morgan fingerprint density at radius 1 is 0.844 bits per heavy atom. The maximum atomic E-state index is 13.3. The van der Waals surface area contributed by atoms with Crippen LogP contribution in [0.2, 0.25) is 20.1 Å². The van der Waals surface area contributed by atoms with Gasteiger partial charge >= 0.3 is 11.9 Å². The number of hydrogen-bond acceptors (Lipinski definition) is 8. The van der Waals surface area contributed by atoms with Gasteiger partial charge in [0.05, 0.1) is 36.1 Å². The van der Waals surface area contributed by atoms with Crippen molar-refractivity contribution in [1.82, 2.24) is 0 Å². The molecule has 0 spiro atoms. The highest BCUT2D eigenvalue weighted by molar-refractivity contribution is 6.55. The lowest BCUT2D eigenvalue weighted by molar-refractivity contribution is -0.387. The third-order valence-electron chi connectivity index (χ3n) is 4.38. The number of ether oxygens (including phenoxy) is 2. The van der Waals surface area contributed by atoms with Crippen molar-refractivity contribution < 1.29 is 33.6 Å². The third kappa shape index (κ3) is 3.81. The van der Waals surface area contributed by atoms with E-state index in [9.17, 15) is 29.3 Å². The van der Waals surface area contributed by atoms with E-state index < -0.39 is 62.1 Å². The Balaban J connectivity index is 2.37. The number of benzene rings is 2. The number of nitro benzene ring substituents is 1. The number of hydrogen-bond donors (Lipinski definition) is 0. The molecule has 0 heterocycles. The normalized spacial score (nSPS) is 12.3. The molecule has 1 aliphatic carbocycles. The smallest absolute Gasteiger partial charge is 0.305 e. The summed E-state index contributed by atoms with van der Waals surface area (Å²) < 4.78 is 9.74. The molecule has 3 rings (SSSR count). The van der Waals surface area contributed by atoms with E-state index in [0.29, 0.717) is 0 Å². The molecule has 2 aromatic rings. The first-order valence-electron chi connectivity index (χ1n) is 8.49. The molecule has 9 nitrogen and oxygen atoms in total. The van der Waals surface area contributed by atoms with Crippen LogP contribution in [0.3, 0.4) is 0 Å². The molecule has 0 radical (unpaired) electrons. The first kappa shape index (κ1) is 23.9. The molecule has 0 saturated carbocycles. The summed E-state index contributed by atoms with van der Waals surface area (Å²) in [5, 5.41) is 10.6. The van der Waals surface area contributed by atoms with Crippen LogP contribution in [0.4, 0.5) is 5.69 Å². The van der Waals surface area contributed by atoms with Crippen molar-refractivity contribution >= 4 is 75.6 Å². The largest absolute Gasteiger partial charge is 0.420 e. The Bertz CT molecular complexity index is 1240. The van der Waals surface area contributed by atoms with Gasteiger partial charge in [0.15, 0.2) is 5.78 Å². The number of fused-ring (bicyclic) bond motifs is 2. The predicted octanol–water partition coefficient (Wildman–Crippen LogP) is 5.11. The first-order valence-corrected chi connectivity index (χ1v) is 10.0. The number of ketones is 2. The Kier molecular flexibility index (Phi) is 6.48. The van der Waals surface area contributed by atoms with Gasteiger partial charge in [0.25, 0.3) is 12.0 Å². The Morgan fingerprint density at radius 2 is 1.31 bits per heavy atom. The highest BCUT2D eigenvalue weighted by Gasteiger charge is 2.43. The number of carbonyl (C=O) groups excluding carboxylic acids is 4. The molecule has 0 aliphatic heterocycles. The van der Waals surface area contributed by atoms with Gasteiger partial charge in [-0.05, 0) is 12.1 Å². The van der Waals surface area contributed by atoms with Crippen LogP contribution in [0.25, 0.3) is 0 Å². The van der Waals surface area contributed by atoms with Gasteiger partial charge in [0.1, 0.15) is 11.1 Å². The fourth-order valence-corrected chi connectivity index (χ4v) is 4.21. The molecular weight excluding hydrogens is 512 g/mol. The van der Waals surface area contributed by atoms with E-state index in [1.165, 1.54) is 0 Å². The maximum absolute atomic E-state index is 13.3. The molecule has 166 valence electrons. The molecule has 1 aliphatic rings. The first-order chi connectivity index (χ1) is 14.9. The zero-order chi connectivity index (χ0) is 24.1. The van der Waals surface area contributed by atoms with Gasteiger partial charge < -0.3 is 9.47 Å². The van der Waals surface area contributed by atoms with Crippen molar-refractivity contribution in [3.63, 3.8) is 0 Å². The van der Waals surface area contributed by atoms with Crippen LogP contribution >= 0.6 is 46.4 Å². The van der Waals surface area contributed by atoms with Crippen LogP contribution in [-0.2, 0) is 19.1 Å². The minimum absolute atomic E-state index is 0.266.